The Balaban J connectivity index is 2.57. The number of likely N-dealkylation sites (tertiary alicyclic amines) is 1. The van der Waals surface area contributed by atoms with Crippen molar-refractivity contribution in [3.8, 4) is 0 Å². The monoisotopic (exact) mass is 145 g/mol. The van der Waals surface area contributed by atoms with Gasteiger partial charge in [-0.25, -0.2) is 4.39 Å². The van der Waals surface area contributed by atoms with Gasteiger partial charge in [0.2, 0.25) is 0 Å². The van der Waals surface area contributed by atoms with E-state index in [9.17, 15) is 9.18 Å². The van der Waals surface area contributed by atoms with Gasteiger partial charge in [0, 0.05) is 19.0 Å². The molecule has 2 nitrogen and oxygen atoms in total. The zero-order valence-electron chi connectivity index (χ0n) is 6.30. The number of halogens is 1. The van der Waals surface area contributed by atoms with E-state index in [1.54, 1.807) is 4.90 Å². The molecule has 58 valence electrons. The smallest absolute Gasteiger partial charge is 0.257 e. The number of carbonyl (C=O) groups excluding carboxylic acids is 1. The maximum atomic E-state index is 12.5. The lowest BCUT2D eigenvalue weighted by molar-refractivity contribution is -0.133. The van der Waals surface area contributed by atoms with E-state index in [4.69, 9.17) is 0 Å². The first-order chi connectivity index (χ1) is 4.63. The Morgan fingerprint density at radius 1 is 1.70 bits per heavy atom. The molecule has 3 heteroatoms. The molecule has 0 aromatic rings. The van der Waals surface area contributed by atoms with Gasteiger partial charge in [0.25, 0.3) is 5.91 Å². The highest BCUT2D eigenvalue weighted by Gasteiger charge is 2.32. The van der Waals surface area contributed by atoms with Crippen LogP contribution in [0.5, 0.6) is 0 Å². The van der Waals surface area contributed by atoms with Crippen LogP contribution in [0.4, 0.5) is 4.39 Å². The second kappa shape index (κ2) is 2.56. The maximum Gasteiger partial charge on any atom is 0.257 e. The predicted molar refractivity (Wildman–Crippen MR) is 36.4 cm³/mol. The average molecular weight is 145 g/mol. The summed E-state index contributed by atoms with van der Waals surface area (Å²) in [5.74, 6) is -0.338. The summed E-state index contributed by atoms with van der Waals surface area (Å²) in [6.45, 7) is 4.38. The number of alkyl halides is 1. The minimum absolute atomic E-state index is 0.147. The number of hydrogen-bond donors (Lipinski definition) is 0. The number of rotatable bonds is 1. The van der Waals surface area contributed by atoms with Gasteiger partial charge in [0.05, 0.1) is 0 Å². The van der Waals surface area contributed by atoms with Crippen LogP contribution < -0.4 is 0 Å². The standard InChI is InChI=1S/C7H12FNO/c1-5(2)9-4-3-6(8)7(9)10/h5-6H,3-4H2,1-2H3. The van der Waals surface area contributed by atoms with Crippen molar-refractivity contribution in [1.82, 2.24) is 4.90 Å². The molecule has 10 heavy (non-hydrogen) atoms. The van der Waals surface area contributed by atoms with Crippen molar-refractivity contribution in [2.45, 2.75) is 32.5 Å². The van der Waals surface area contributed by atoms with Crippen LogP contribution in [0.15, 0.2) is 0 Å². The molecule has 0 aromatic heterocycles. The first-order valence-electron chi connectivity index (χ1n) is 3.57. The third-order valence-electron chi connectivity index (χ3n) is 1.80. The van der Waals surface area contributed by atoms with Crippen LogP contribution in [0.2, 0.25) is 0 Å². The molecular weight excluding hydrogens is 133 g/mol. The highest BCUT2D eigenvalue weighted by molar-refractivity contribution is 5.83. The molecule has 1 heterocycles. The summed E-state index contributed by atoms with van der Waals surface area (Å²) < 4.78 is 12.5. The summed E-state index contributed by atoms with van der Waals surface area (Å²) in [6, 6.07) is 0.147. The van der Waals surface area contributed by atoms with Gasteiger partial charge in [-0.05, 0) is 13.8 Å². The molecule has 1 unspecified atom stereocenters. The Morgan fingerprint density at radius 3 is 2.50 bits per heavy atom. The fourth-order valence-electron chi connectivity index (χ4n) is 1.18. The fraction of sp³-hybridized carbons (Fsp3) is 0.857. The number of nitrogens with zero attached hydrogens (tertiary/aromatic N) is 1. The molecule has 1 rings (SSSR count). The molecule has 1 aliphatic heterocycles. The van der Waals surface area contributed by atoms with Gasteiger partial charge in [-0.3, -0.25) is 4.79 Å². The summed E-state index contributed by atoms with van der Waals surface area (Å²) >= 11 is 0. The van der Waals surface area contributed by atoms with Gasteiger partial charge in [0.1, 0.15) is 0 Å². The van der Waals surface area contributed by atoms with Crippen molar-refractivity contribution in [2.24, 2.45) is 0 Å². The van der Waals surface area contributed by atoms with Crippen LogP contribution >= 0.6 is 0 Å². The van der Waals surface area contributed by atoms with E-state index in [0.717, 1.165) is 0 Å². The highest BCUT2D eigenvalue weighted by Crippen LogP contribution is 2.16. The normalized spacial score (nSPS) is 26.6. The third kappa shape index (κ3) is 1.13. The molecule has 0 aliphatic carbocycles. The largest absolute Gasteiger partial charge is 0.338 e. The summed E-state index contributed by atoms with van der Waals surface area (Å²) in [4.78, 5) is 12.5. The van der Waals surface area contributed by atoms with Crippen LogP contribution in [0.1, 0.15) is 20.3 Å². The van der Waals surface area contributed by atoms with Gasteiger partial charge in [0.15, 0.2) is 6.17 Å². The van der Waals surface area contributed by atoms with Gasteiger partial charge >= 0.3 is 0 Å². The summed E-state index contributed by atoms with van der Waals surface area (Å²) in [5.41, 5.74) is 0. The molecule has 0 aromatic carbocycles. The van der Waals surface area contributed by atoms with Gasteiger partial charge < -0.3 is 4.90 Å². The molecule has 0 radical (unpaired) electrons. The lowest BCUT2D eigenvalue weighted by Gasteiger charge is -2.19. The Labute approximate surface area is 60.0 Å². The Morgan fingerprint density at radius 2 is 2.30 bits per heavy atom. The molecule has 1 saturated heterocycles. The summed E-state index contributed by atoms with van der Waals surface area (Å²) in [6.07, 6.45) is -0.862. The third-order valence-corrected chi connectivity index (χ3v) is 1.80. The number of hydrogen-bond acceptors (Lipinski definition) is 1. The Kier molecular flexibility index (Phi) is 1.92. The Bertz CT molecular complexity index is 147. The van der Waals surface area contributed by atoms with Gasteiger partial charge in [-0.2, -0.15) is 0 Å². The molecule has 0 saturated carbocycles. The van der Waals surface area contributed by atoms with Crippen molar-refractivity contribution < 1.29 is 9.18 Å². The van der Waals surface area contributed by atoms with Crippen molar-refractivity contribution in [1.29, 1.82) is 0 Å². The molecule has 1 aliphatic rings. The van der Waals surface area contributed by atoms with E-state index >= 15 is 0 Å². The molecule has 0 bridgehead atoms. The minimum Gasteiger partial charge on any atom is -0.338 e. The molecular formula is C7H12FNO. The topological polar surface area (TPSA) is 20.3 Å². The maximum absolute atomic E-state index is 12.5. The quantitative estimate of drug-likeness (QED) is 0.538. The van der Waals surface area contributed by atoms with E-state index in [1.807, 2.05) is 13.8 Å². The molecule has 1 atom stereocenters. The summed E-state index contributed by atoms with van der Waals surface area (Å²) in [5, 5.41) is 0. The molecule has 0 spiro atoms. The number of amides is 1. The van der Waals surface area contributed by atoms with Gasteiger partial charge in [-0.1, -0.05) is 0 Å². The van der Waals surface area contributed by atoms with Crippen molar-refractivity contribution in [3.05, 3.63) is 0 Å². The van der Waals surface area contributed by atoms with Crippen molar-refractivity contribution >= 4 is 5.91 Å². The zero-order chi connectivity index (χ0) is 7.72. The number of carbonyl (C=O) groups is 1. The second-order valence-electron chi connectivity index (χ2n) is 2.88. The van der Waals surface area contributed by atoms with Crippen LogP contribution in [0.25, 0.3) is 0 Å². The Hall–Kier alpha value is -0.600. The van der Waals surface area contributed by atoms with Crippen LogP contribution in [0, 0.1) is 0 Å². The summed E-state index contributed by atoms with van der Waals surface area (Å²) in [7, 11) is 0. The SMILES string of the molecule is CC(C)N1CCC(F)C1=O. The van der Waals surface area contributed by atoms with E-state index in [1.165, 1.54) is 0 Å². The van der Waals surface area contributed by atoms with Crippen molar-refractivity contribution in [3.63, 3.8) is 0 Å². The predicted octanol–water partition coefficient (Wildman–Crippen LogP) is 0.965. The molecule has 1 amide bonds. The lowest BCUT2D eigenvalue weighted by Crippen LogP contribution is -2.33. The van der Waals surface area contributed by atoms with Crippen LogP contribution in [0.3, 0.4) is 0 Å². The first kappa shape index (κ1) is 7.51. The van der Waals surface area contributed by atoms with E-state index < -0.39 is 6.17 Å². The van der Waals surface area contributed by atoms with Gasteiger partial charge in [-0.15, -0.1) is 0 Å². The molecule has 1 fully saturated rings. The molecule has 0 N–H and O–H groups in total. The fourth-order valence-corrected chi connectivity index (χ4v) is 1.18. The highest BCUT2D eigenvalue weighted by atomic mass is 19.1. The average Bonchev–Trinajstić information content (AvgIpc) is 2.14. The first-order valence-corrected chi connectivity index (χ1v) is 3.57. The minimum atomic E-state index is -1.23. The lowest BCUT2D eigenvalue weighted by atomic mass is 10.3. The van der Waals surface area contributed by atoms with Crippen LogP contribution in [-0.2, 0) is 4.79 Å². The zero-order valence-corrected chi connectivity index (χ0v) is 6.30. The van der Waals surface area contributed by atoms with E-state index in [2.05, 4.69) is 0 Å². The van der Waals surface area contributed by atoms with Crippen molar-refractivity contribution in [2.75, 3.05) is 6.54 Å². The van der Waals surface area contributed by atoms with Crippen LogP contribution in [-0.4, -0.2) is 29.6 Å². The van der Waals surface area contributed by atoms with E-state index in [-0.39, 0.29) is 11.9 Å². The second-order valence-corrected chi connectivity index (χ2v) is 2.88. The van der Waals surface area contributed by atoms with E-state index in [0.29, 0.717) is 13.0 Å².